The van der Waals surface area contributed by atoms with E-state index in [-0.39, 0.29) is 11.8 Å². The number of unbranched alkanes of at least 4 members (excludes halogenated alkanes) is 1. The number of hydrogen-bond acceptors (Lipinski definition) is 6. The second-order valence-electron chi connectivity index (χ2n) is 7.88. The zero-order chi connectivity index (χ0) is 22.0. The first-order chi connectivity index (χ1) is 13.7. The van der Waals surface area contributed by atoms with Gasteiger partial charge in [-0.15, -0.1) is 0 Å². The maximum Gasteiger partial charge on any atom is 0.322 e. The first kappa shape index (κ1) is 24.8. The minimum absolute atomic E-state index is 0.239. The van der Waals surface area contributed by atoms with Crippen molar-refractivity contribution in [1.82, 2.24) is 15.5 Å². The number of aliphatic carboxylic acids is 1. The molecule has 1 saturated heterocycles. The molecule has 10 heteroatoms. The molecule has 0 aromatic heterocycles. The summed E-state index contributed by atoms with van der Waals surface area (Å²) in [5.74, 6) is -2.15. The monoisotopic (exact) mass is 413 g/mol. The van der Waals surface area contributed by atoms with Crippen molar-refractivity contribution in [2.24, 2.45) is 17.4 Å². The van der Waals surface area contributed by atoms with E-state index >= 15 is 0 Å². The van der Waals surface area contributed by atoms with Gasteiger partial charge in [0.05, 0.1) is 6.04 Å². The molecule has 1 aliphatic heterocycles. The Morgan fingerprint density at radius 2 is 1.90 bits per heavy atom. The van der Waals surface area contributed by atoms with Crippen LogP contribution in [0.25, 0.3) is 0 Å². The smallest absolute Gasteiger partial charge is 0.322 e. The summed E-state index contributed by atoms with van der Waals surface area (Å²) in [4.78, 5) is 50.0. The number of nitrogens with one attached hydrogen (secondary N) is 2. The predicted molar refractivity (Wildman–Crippen MR) is 108 cm³/mol. The van der Waals surface area contributed by atoms with Crippen LogP contribution in [0.4, 0.5) is 0 Å². The average Bonchev–Trinajstić information content (AvgIpc) is 3.14. The van der Waals surface area contributed by atoms with Gasteiger partial charge in [0, 0.05) is 6.54 Å². The van der Waals surface area contributed by atoms with Gasteiger partial charge in [0.1, 0.15) is 18.6 Å². The predicted octanol–water partition coefficient (Wildman–Crippen LogP) is -0.835. The largest absolute Gasteiger partial charge is 0.480 e. The normalized spacial score (nSPS) is 18.4. The summed E-state index contributed by atoms with van der Waals surface area (Å²) in [7, 11) is 0. The number of carbonyl (C=O) groups is 4. The molecular formula is C19H35N5O5. The molecular weight excluding hydrogens is 378 g/mol. The summed E-state index contributed by atoms with van der Waals surface area (Å²) >= 11 is 0. The molecule has 1 aliphatic rings. The first-order valence-electron chi connectivity index (χ1n) is 10.2. The molecule has 29 heavy (non-hydrogen) atoms. The van der Waals surface area contributed by atoms with Crippen LogP contribution < -0.4 is 22.1 Å². The van der Waals surface area contributed by atoms with Crippen molar-refractivity contribution in [3.63, 3.8) is 0 Å². The van der Waals surface area contributed by atoms with Gasteiger partial charge in [-0.1, -0.05) is 13.8 Å². The fraction of sp³-hybridized carbons (Fsp3) is 0.789. The number of likely N-dealkylation sites (tertiary alicyclic amines) is 1. The molecule has 1 rings (SSSR count). The van der Waals surface area contributed by atoms with Crippen LogP contribution in [0.15, 0.2) is 0 Å². The molecule has 3 unspecified atom stereocenters. The molecule has 10 nitrogen and oxygen atoms in total. The van der Waals surface area contributed by atoms with E-state index in [1.54, 1.807) is 0 Å². The lowest BCUT2D eigenvalue weighted by Gasteiger charge is -2.29. The lowest BCUT2D eigenvalue weighted by atomic mass is 10.0. The highest BCUT2D eigenvalue weighted by molar-refractivity contribution is 5.94. The molecule has 0 spiro atoms. The molecule has 0 aliphatic carbocycles. The Labute approximate surface area is 171 Å². The van der Waals surface area contributed by atoms with Crippen LogP contribution in [0, 0.1) is 5.92 Å². The van der Waals surface area contributed by atoms with Crippen molar-refractivity contribution in [1.29, 1.82) is 0 Å². The van der Waals surface area contributed by atoms with Crippen molar-refractivity contribution in [3.05, 3.63) is 0 Å². The molecule has 0 aromatic carbocycles. The van der Waals surface area contributed by atoms with E-state index in [2.05, 4.69) is 10.6 Å². The van der Waals surface area contributed by atoms with Crippen LogP contribution >= 0.6 is 0 Å². The number of carboxylic acids is 1. The van der Waals surface area contributed by atoms with Gasteiger partial charge >= 0.3 is 5.97 Å². The molecule has 3 amide bonds. The summed E-state index contributed by atoms with van der Waals surface area (Å²) in [6.45, 7) is 4.28. The van der Waals surface area contributed by atoms with E-state index in [1.807, 2.05) is 13.8 Å². The number of nitrogens with zero attached hydrogens (tertiary/aromatic N) is 1. The second-order valence-corrected chi connectivity index (χ2v) is 7.88. The van der Waals surface area contributed by atoms with Crippen LogP contribution in [0.2, 0.25) is 0 Å². The maximum atomic E-state index is 13.1. The molecule has 166 valence electrons. The fourth-order valence-electron chi connectivity index (χ4n) is 3.43. The van der Waals surface area contributed by atoms with Crippen molar-refractivity contribution >= 4 is 23.7 Å². The average molecular weight is 414 g/mol. The van der Waals surface area contributed by atoms with Gasteiger partial charge in [0.15, 0.2) is 0 Å². The third kappa shape index (κ3) is 8.36. The third-order valence-electron chi connectivity index (χ3n) is 4.88. The molecule has 0 aromatic rings. The molecule has 0 bridgehead atoms. The minimum atomic E-state index is -1.15. The van der Waals surface area contributed by atoms with E-state index in [0.717, 1.165) is 0 Å². The van der Waals surface area contributed by atoms with Crippen LogP contribution in [-0.4, -0.2) is 71.5 Å². The van der Waals surface area contributed by atoms with Crippen LogP contribution in [-0.2, 0) is 19.2 Å². The van der Waals surface area contributed by atoms with Crippen molar-refractivity contribution in [2.45, 2.75) is 70.5 Å². The number of carboxylic acid groups (broad SMARTS) is 1. The lowest BCUT2D eigenvalue weighted by molar-refractivity contribution is -0.143. The van der Waals surface area contributed by atoms with Gasteiger partial charge in [-0.25, -0.2) is 0 Å². The molecule has 3 atom stereocenters. The Hall–Kier alpha value is -2.20. The van der Waals surface area contributed by atoms with Crippen molar-refractivity contribution in [3.8, 4) is 0 Å². The van der Waals surface area contributed by atoms with Gasteiger partial charge in [-0.05, 0) is 51.0 Å². The number of nitrogens with two attached hydrogens (primary N) is 2. The summed E-state index contributed by atoms with van der Waals surface area (Å²) < 4.78 is 0. The van der Waals surface area contributed by atoms with Crippen LogP contribution in [0.1, 0.15) is 52.4 Å². The Balaban J connectivity index is 2.84. The second kappa shape index (κ2) is 12.4. The minimum Gasteiger partial charge on any atom is -0.480 e. The standard InChI is InChI=1S/C19H35N5O5/c1-12(2)10-13(21)17(27)23-14(6-3-4-8-20)19(29)24-9-5-7-15(24)18(28)22-11-16(25)26/h12-15H,3-11,20-21H2,1-2H3,(H,22,28)(H,23,27)(H,25,26). The van der Waals surface area contributed by atoms with Gasteiger partial charge in [-0.2, -0.15) is 0 Å². The zero-order valence-electron chi connectivity index (χ0n) is 17.4. The van der Waals surface area contributed by atoms with E-state index in [9.17, 15) is 19.2 Å². The highest BCUT2D eigenvalue weighted by atomic mass is 16.4. The number of hydrogen-bond donors (Lipinski definition) is 5. The van der Waals surface area contributed by atoms with Crippen molar-refractivity contribution < 1.29 is 24.3 Å². The van der Waals surface area contributed by atoms with Crippen LogP contribution in [0.5, 0.6) is 0 Å². The Kier molecular flexibility index (Phi) is 10.6. The SMILES string of the molecule is CC(C)CC(N)C(=O)NC(CCCCN)C(=O)N1CCCC1C(=O)NCC(=O)O. The third-order valence-corrected chi connectivity index (χ3v) is 4.88. The molecule has 7 N–H and O–H groups in total. The molecule has 1 heterocycles. The van der Waals surface area contributed by atoms with Gasteiger partial charge in [-0.3, -0.25) is 19.2 Å². The van der Waals surface area contributed by atoms with Crippen LogP contribution in [0.3, 0.4) is 0 Å². The topological polar surface area (TPSA) is 168 Å². The molecule has 0 radical (unpaired) electrons. The van der Waals surface area contributed by atoms with Gasteiger partial charge in [0.25, 0.3) is 0 Å². The number of carbonyl (C=O) groups excluding carboxylic acids is 3. The van der Waals surface area contributed by atoms with E-state index in [4.69, 9.17) is 16.6 Å². The van der Waals surface area contributed by atoms with Crippen molar-refractivity contribution in [2.75, 3.05) is 19.6 Å². The highest BCUT2D eigenvalue weighted by Gasteiger charge is 2.37. The zero-order valence-corrected chi connectivity index (χ0v) is 17.4. The Morgan fingerprint density at radius 3 is 2.48 bits per heavy atom. The summed E-state index contributed by atoms with van der Waals surface area (Å²) in [5.41, 5.74) is 11.5. The Bertz CT molecular complexity index is 583. The summed E-state index contributed by atoms with van der Waals surface area (Å²) in [5, 5.41) is 13.8. The molecule has 0 saturated carbocycles. The summed E-state index contributed by atoms with van der Waals surface area (Å²) in [6.07, 6.45) is 3.34. The fourth-order valence-corrected chi connectivity index (χ4v) is 3.43. The first-order valence-corrected chi connectivity index (χ1v) is 10.2. The quantitative estimate of drug-likeness (QED) is 0.260. The van der Waals surface area contributed by atoms with E-state index in [0.29, 0.717) is 51.6 Å². The summed E-state index contributed by atoms with van der Waals surface area (Å²) in [6, 6.07) is -2.24. The van der Waals surface area contributed by atoms with E-state index < -0.39 is 42.5 Å². The van der Waals surface area contributed by atoms with Gasteiger partial charge in [0.2, 0.25) is 17.7 Å². The highest BCUT2D eigenvalue weighted by Crippen LogP contribution is 2.20. The number of amides is 3. The molecule has 1 fully saturated rings. The number of rotatable bonds is 12. The lowest BCUT2D eigenvalue weighted by Crippen LogP contribution is -2.56. The van der Waals surface area contributed by atoms with Gasteiger partial charge < -0.3 is 32.1 Å². The van der Waals surface area contributed by atoms with E-state index in [1.165, 1.54) is 4.90 Å². The maximum absolute atomic E-state index is 13.1. The Morgan fingerprint density at radius 1 is 1.21 bits per heavy atom.